The zero-order valence-electron chi connectivity index (χ0n) is 11.0. The zero-order valence-corrected chi connectivity index (χ0v) is 11.0. The zero-order chi connectivity index (χ0) is 12.5. The van der Waals surface area contributed by atoms with Gasteiger partial charge in [-0.05, 0) is 38.1 Å². The highest BCUT2D eigenvalue weighted by molar-refractivity contribution is 5.03. The van der Waals surface area contributed by atoms with Crippen molar-refractivity contribution in [1.29, 1.82) is 0 Å². The Labute approximate surface area is 108 Å². The largest absolute Gasteiger partial charge is 0.338 e. The second kappa shape index (κ2) is 4.97. The number of hydrogen-bond acceptors (Lipinski definition) is 5. The Morgan fingerprint density at radius 1 is 1.39 bits per heavy atom. The van der Waals surface area contributed by atoms with Crippen LogP contribution in [0.2, 0.25) is 0 Å². The molecule has 0 radical (unpaired) electrons. The van der Waals surface area contributed by atoms with E-state index in [0.29, 0.717) is 24.4 Å². The Hall–Kier alpha value is -0.940. The molecule has 2 atom stereocenters. The van der Waals surface area contributed by atoms with E-state index in [0.717, 1.165) is 24.8 Å². The lowest BCUT2D eigenvalue weighted by Gasteiger charge is -2.38. The topological polar surface area (TPSA) is 68.2 Å². The number of aromatic nitrogens is 2. The van der Waals surface area contributed by atoms with E-state index in [1.54, 1.807) is 0 Å². The third-order valence-corrected chi connectivity index (χ3v) is 4.24. The maximum atomic E-state index is 5.89. The average molecular weight is 250 g/mol. The van der Waals surface area contributed by atoms with Gasteiger partial charge >= 0.3 is 0 Å². The van der Waals surface area contributed by atoms with Crippen molar-refractivity contribution in [3.8, 4) is 0 Å². The molecule has 0 amide bonds. The molecule has 1 aromatic rings. The third kappa shape index (κ3) is 2.42. The molecule has 1 saturated carbocycles. The van der Waals surface area contributed by atoms with Crippen LogP contribution in [0.4, 0.5) is 0 Å². The SMILES string of the molecule is CC1CCCN(Cc2nc(C3CC3)no2)C1CN. The molecule has 0 bridgehead atoms. The van der Waals surface area contributed by atoms with Gasteiger partial charge in [0.25, 0.3) is 0 Å². The van der Waals surface area contributed by atoms with Crippen LogP contribution in [0.25, 0.3) is 0 Å². The fraction of sp³-hybridized carbons (Fsp3) is 0.846. The van der Waals surface area contributed by atoms with E-state index in [1.807, 2.05) is 0 Å². The monoisotopic (exact) mass is 250 g/mol. The second-order valence-electron chi connectivity index (χ2n) is 5.71. The summed E-state index contributed by atoms with van der Waals surface area (Å²) in [5.74, 6) is 2.88. The van der Waals surface area contributed by atoms with E-state index in [2.05, 4.69) is 22.0 Å². The fourth-order valence-corrected chi connectivity index (χ4v) is 2.93. The van der Waals surface area contributed by atoms with Crippen LogP contribution < -0.4 is 5.73 Å². The molecule has 2 N–H and O–H groups in total. The van der Waals surface area contributed by atoms with Crippen molar-refractivity contribution in [3.05, 3.63) is 11.7 Å². The minimum atomic E-state index is 0.454. The molecule has 1 saturated heterocycles. The van der Waals surface area contributed by atoms with Crippen molar-refractivity contribution in [3.63, 3.8) is 0 Å². The summed E-state index contributed by atoms with van der Waals surface area (Å²) in [6.45, 7) is 4.84. The lowest BCUT2D eigenvalue weighted by molar-refractivity contribution is 0.0874. The Morgan fingerprint density at radius 2 is 2.22 bits per heavy atom. The van der Waals surface area contributed by atoms with Gasteiger partial charge in [-0.1, -0.05) is 12.1 Å². The lowest BCUT2D eigenvalue weighted by Crippen LogP contribution is -2.48. The lowest BCUT2D eigenvalue weighted by atomic mass is 9.91. The summed E-state index contributed by atoms with van der Waals surface area (Å²) in [5, 5.41) is 4.07. The summed E-state index contributed by atoms with van der Waals surface area (Å²) in [6.07, 6.45) is 4.94. The first-order valence-electron chi connectivity index (χ1n) is 7.04. The van der Waals surface area contributed by atoms with Crippen LogP contribution >= 0.6 is 0 Å². The molecule has 0 spiro atoms. The highest BCUT2D eigenvalue weighted by Gasteiger charge is 2.31. The number of nitrogens with two attached hydrogens (primary N) is 1. The van der Waals surface area contributed by atoms with Gasteiger partial charge in [0.05, 0.1) is 6.54 Å². The second-order valence-corrected chi connectivity index (χ2v) is 5.71. The predicted octanol–water partition coefficient (Wildman–Crippen LogP) is 1.51. The quantitative estimate of drug-likeness (QED) is 0.877. The molecule has 5 heteroatoms. The summed E-state index contributed by atoms with van der Waals surface area (Å²) >= 11 is 0. The summed E-state index contributed by atoms with van der Waals surface area (Å²) in [4.78, 5) is 6.90. The number of likely N-dealkylation sites (tertiary alicyclic amines) is 1. The van der Waals surface area contributed by atoms with E-state index >= 15 is 0 Å². The summed E-state index contributed by atoms with van der Waals surface area (Å²) in [5.41, 5.74) is 5.89. The van der Waals surface area contributed by atoms with Gasteiger partial charge in [-0.25, -0.2) is 0 Å². The molecular formula is C13H22N4O. The van der Waals surface area contributed by atoms with Crippen LogP contribution in [-0.4, -0.2) is 34.2 Å². The van der Waals surface area contributed by atoms with Crippen LogP contribution in [0.15, 0.2) is 4.52 Å². The van der Waals surface area contributed by atoms with Crippen molar-refractivity contribution >= 4 is 0 Å². The minimum absolute atomic E-state index is 0.454. The van der Waals surface area contributed by atoms with E-state index in [9.17, 15) is 0 Å². The highest BCUT2D eigenvalue weighted by Crippen LogP contribution is 2.38. The normalized spacial score (nSPS) is 29.7. The van der Waals surface area contributed by atoms with Crippen molar-refractivity contribution in [1.82, 2.24) is 15.0 Å². The molecule has 1 aliphatic carbocycles. The predicted molar refractivity (Wildman–Crippen MR) is 67.9 cm³/mol. The van der Waals surface area contributed by atoms with Gasteiger partial charge in [-0.15, -0.1) is 0 Å². The van der Waals surface area contributed by atoms with Gasteiger partial charge in [0.1, 0.15) is 0 Å². The van der Waals surface area contributed by atoms with Crippen molar-refractivity contribution in [2.24, 2.45) is 11.7 Å². The molecule has 100 valence electrons. The third-order valence-electron chi connectivity index (χ3n) is 4.24. The molecule has 3 rings (SSSR count). The summed E-state index contributed by atoms with van der Waals surface area (Å²) in [7, 11) is 0. The van der Waals surface area contributed by atoms with Crippen molar-refractivity contribution in [2.45, 2.75) is 51.1 Å². The maximum Gasteiger partial charge on any atom is 0.240 e. The van der Waals surface area contributed by atoms with Gasteiger partial charge in [0.15, 0.2) is 5.82 Å². The van der Waals surface area contributed by atoms with Gasteiger partial charge in [-0.2, -0.15) is 4.98 Å². The van der Waals surface area contributed by atoms with Gasteiger partial charge in [-0.3, -0.25) is 4.90 Å². The molecular weight excluding hydrogens is 228 g/mol. The number of rotatable bonds is 4. The maximum absolute atomic E-state index is 5.89. The van der Waals surface area contributed by atoms with Gasteiger partial charge in [0, 0.05) is 18.5 Å². The standard InChI is InChI=1S/C13H22N4O/c1-9-3-2-6-17(11(9)7-14)8-12-15-13(16-18-12)10-4-5-10/h9-11H,2-8,14H2,1H3. The fourth-order valence-electron chi connectivity index (χ4n) is 2.93. The van der Waals surface area contributed by atoms with Crippen molar-refractivity contribution in [2.75, 3.05) is 13.1 Å². The van der Waals surface area contributed by atoms with Gasteiger partial charge in [0.2, 0.25) is 5.89 Å². The van der Waals surface area contributed by atoms with Gasteiger partial charge < -0.3 is 10.3 Å². The van der Waals surface area contributed by atoms with Crippen LogP contribution in [0.1, 0.15) is 50.2 Å². The Balaban J connectivity index is 1.65. The highest BCUT2D eigenvalue weighted by atomic mass is 16.5. The van der Waals surface area contributed by atoms with Crippen LogP contribution in [0, 0.1) is 5.92 Å². The first-order valence-corrected chi connectivity index (χ1v) is 7.04. The smallest absolute Gasteiger partial charge is 0.240 e. The molecule has 2 unspecified atom stereocenters. The molecule has 18 heavy (non-hydrogen) atoms. The Morgan fingerprint density at radius 3 is 2.94 bits per heavy atom. The van der Waals surface area contributed by atoms with Crippen LogP contribution in [0.3, 0.4) is 0 Å². The first-order chi connectivity index (χ1) is 8.78. The van der Waals surface area contributed by atoms with E-state index in [4.69, 9.17) is 10.3 Å². The molecule has 0 aromatic carbocycles. The molecule has 2 fully saturated rings. The first kappa shape index (κ1) is 12.1. The van der Waals surface area contributed by atoms with E-state index < -0.39 is 0 Å². The van der Waals surface area contributed by atoms with Crippen molar-refractivity contribution < 1.29 is 4.52 Å². The van der Waals surface area contributed by atoms with E-state index in [-0.39, 0.29) is 0 Å². The molecule has 1 aliphatic heterocycles. The van der Waals surface area contributed by atoms with E-state index in [1.165, 1.54) is 25.7 Å². The van der Waals surface area contributed by atoms with Crippen LogP contribution in [0.5, 0.6) is 0 Å². The Kier molecular flexibility index (Phi) is 3.35. The number of piperidine rings is 1. The molecule has 5 nitrogen and oxygen atoms in total. The Bertz CT molecular complexity index is 401. The summed E-state index contributed by atoms with van der Waals surface area (Å²) < 4.78 is 5.35. The number of nitrogens with zero attached hydrogens (tertiary/aromatic N) is 3. The average Bonchev–Trinajstić information content (AvgIpc) is 3.11. The minimum Gasteiger partial charge on any atom is -0.338 e. The number of hydrogen-bond donors (Lipinski definition) is 1. The summed E-state index contributed by atoms with van der Waals surface area (Å²) in [6, 6.07) is 0.454. The molecule has 2 aliphatic rings. The van der Waals surface area contributed by atoms with Crippen LogP contribution in [-0.2, 0) is 6.54 Å². The molecule has 2 heterocycles. The molecule has 1 aromatic heterocycles.